The molecule has 0 aliphatic carbocycles. The van der Waals surface area contributed by atoms with Gasteiger partial charge in [-0.2, -0.15) is 5.10 Å². The normalized spacial score (nSPS) is 11.0. The predicted octanol–water partition coefficient (Wildman–Crippen LogP) is 2.53. The SMILES string of the molecule is CCc1nn(C)cc1CN=C(N)Nc1ccccc1.I. The van der Waals surface area contributed by atoms with E-state index in [4.69, 9.17) is 5.73 Å². The number of aliphatic imine (C=N–C) groups is 1. The molecule has 0 atom stereocenters. The molecule has 3 N–H and O–H groups in total. The Balaban J connectivity index is 0.00000200. The van der Waals surface area contributed by atoms with Gasteiger partial charge < -0.3 is 11.1 Å². The van der Waals surface area contributed by atoms with Crippen molar-refractivity contribution in [2.24, 2.45) is 17.8 Å². The maximum absolute atomic E-state index is 5.86. The minimum absolute atomic E-state index is 0. The zero-order chi connectivity index (χ0) is 13.7. The van der Waals surface area contributed by atoms with Crippen LogP contribution in [0.15, 0.2) is 41.5 Å². The summed E-state index contributed by atoms with van der Waals surface area (Å²) in [5, 5.41) is 7.43. The summed E-state index contributed by atoms with van der Waals surface area (Å²) in [7, 11) is 1.91. The number of guanidine groups is 1. The van der Waals surface area contributed by atoms with Gasteiger partial charge in [0.15, 0.2) is 5.96 Å². The van der Waals surface area contributed by atoms with Gasteiger partial charge in [0.1, 0.15) is 0 Å². The Kier molecular flexibility index (Phi) is 6.50. The van der Waals surface area contributed by atoms with Gasteiger partial charge in [-0.1, -0.05) is 25.1 Å². The number of nitrogens with one attached hydrogen (secondary N) is 1. The number of nitrogens with zero attached hydrogens (tertiary/aromatic N) is 3. The van der Waals surface area contributed by atoms with E-state index in [1.165, 1.54) is 0 Å². The van der Waals surface area contributed by atoms with Crippen molar-refractivity contribution in [3.05, 3.63) is 47.8 Å². The van der Waals surface area contributed by atoms with Crippen LogP contribution in [0, 0.1) is 0 Å². The Morgan fingerprint density at radius 2 is 2.05 bits per heavy atom. The monoisotopic (exact) mass is 385 g/mol. The van der Waals surface area contributed by atoms with Gasteiger partial charge in [-0.3, -0.25) is 4.68 Å². The van der Waals surface area contributed by atoms with Crippen LogP contribution in [0.4, 0.5) is 5.69 Å². The molecule has 0 bridgehead atoms. The van der Waals surface area contributed by atoms with Crippen molar-refractivity contribution in [3.8, 4) is 0 Å². The third kappa shape index (κ3) is 4.52. The molecule has 0 unspecified atom stereocenters. The number of para-hydroxylation sites is 1. The molecule has 1 aromatic heterocycles. The fourth-order valence-corrected chi connectivity index (χ4v) is 1.89. The minimum Gasteiger partial charge on any atom is -0.370 e. The van der Waals surface area contributed by atoms with Gasteiger partial charge >= 0.3 is 0 Å². The summed E-state index contributed by atoms with van der Waals surface area (Å²) in [6.45, 7) is 2.63. The van der Waals surface area contributed by atoms with Gasteiger partial charge in [0.2, 0.25) is 0 Å². The quantitative estimate of drug-likeness (QED) is 0.483. The fourth-order valence-electron chi connectivity index (χ4n) is 1.89. The number of hydrogen-bond acceptors (Lipinski definition) is 2. The molecule has 0 fully saturated rings. The smallest absolute Gasteiger partial charge is 0.193 e. The van der Waals surface area contributed by atoms with Gasteiger partial charge in [-0.15, -0.1) is 24.0 Å². The van der Waals surface area contributed by atoms with Crippen molar-refractivity contribution >= 4 is 35.6 Å². The third-order valence-electron chi connectivity index (χ3n) is 2.79. The van der Waals surface area contributed by atoms with Crippen LogP contribution in [-0.2, 0) is 20.0 Å². The highest BCUT2D eigenvalue weighted by Gasteiger charge is 2.04. The second kappa shape index (κ2) is 7.88. The lowest BCUT2D eigenvalue weighted by Crippen LogP contribution is -2.22. The molecule has 0 saturated heterocycles. The molecular weight excluding hydrogens is 365 g/mol. The highest BCUT2D eigenvalue weighted by atomic mass is 127. The first-order valence-electron chi connectivity index (χ1n) is 6.32. The topological polar surface area (TPSA) is 68.2 Å². The molecule has 6 heteroatoms. The van der Waals surface area contributed by atoms with Crippen LogP contribution in [-0.4, -0.2) is 15.7 Å². The Hall–Kier alpha value is -1.57. The van der Waals surface area contributed by atoms with E-state index in [0.29, 0.717) is 12.5 Å². The first-order valence-corrected chi connectivity index (χ1v) is 6.32. The van der Waals surface area contributed by atoms with Gasteiger partial charge in [-0.05, 0) is 18.6 Å². The van der Waals surface area contributed by atoms with E-state index in [1.54, 1.807) is 0 Å². The van der Waals surface area contributed by atoms with Gasteiger partial charge in [0, 0.05) is 24.5 Å². The number of nitrogens with two attached hydrogens (primary N) is 1. The van der Waals surface area contributed by atoms with E-state index in [2.05, 4.69) is 22.3 Å². The lowest BCUT2D eigenvalue weighted by molar-refractivity contribution is 0.746. The maximum Gasteiger partial charge on any atom is 0.193 e. The zero-order valence-corrected chi connectivity index (χ0v) is 14.0. The lowest BCUT2D eigenvalue weighted by Gasteiger charge is -2.04. The van der Waals surface area contributed by atoms with E-state index < -0.39 is 0 Å². The van der Waals surface area contributed by atoms with Crippen LogP contribution in [0.2, 0.25) is 0 Å². The summed E-state index contributed by atoms with van der Waals surface area (Å²) in [6.07, 6.45) is 2.88. The molecule has 5 nitrogen and oxygen atoms in total. The first kappa shape index (κ1) is 16.5. The van der Waals surface area contributed by atoms with Crippen molar-refractivity contribution < 1.29 is 0 Å². The predicted molar refractivity (Wildman–Crippen MR) is 93.4 cm³/mol. The lowest BCUT2D eigenvalue weighted by atomic mass is 10.2. The average molecular weight is 385 g/mol. The average Bonchev–Trinajstić information content (AvgIpc) is 2.78. The summed E-state index contributed by atoms with van der Waals surface area (Å²) in [4.78, 5) is 4.34. The van der Waals surface area contributed by atoms with E-state index in [-0.39, 0.29) is 24.0 Å². The third-order valence-corrected chi connectivity index (χ3v) is 2.79. The Morgan fingerprint density at radius 3 is 2.70 bits per heavy atom. The van der Waals surface area contributed by atoms with E-state index in [9.17, 15) is 0 Å². The molecule has 2 aromatic rings. The number of rotatable bonds is 4. The Labute approximate surface area is 136 Å². The molecule has 0 aliphatic heterocycles. The van der Waals surface area contributed by atoms with Crippen molar-refractivity contribution in [2.45, 2.75) is 19.9 Å². The number of aromatic nitrogens is 2. The molecule has 1 heterocycles. The highest BCUT2D eigenvalue weighted by Crippen LogP contribution is 2.09. The molecule has 0 amide bonds. The minimum atomic E-state index is 0. The molecule has 0 spiro atoms. The van der Waals surface area contributed by atoms with Crippen molar-refractivity contribution in [1.82, 2.24) is 9.78 Å². The Morgan fingerprint density at radius 1 is 1.35 bits per heavy atom. The standard InChI is InChI=1S/C14H19N5.HI/c1-3-13-11(10-19(2)18-13)9-16-14(15)17-12-7-5-4-6-8-12;/h4-8,10H,3,9H2,1-2H3,(H3,15,16,17);1H. The summed E-state index contributed by atoms with van der Waals surface area (Å²) < 4.78 is 1.81. The molecule has 1 aromatic carbocycles. The Bertz CT molecular complexity index is 562. The number of benzene rings is 1. The molecule has 0 saturated carbocycles. The maximum atomic E-state index is 5.86. The van der Waals surface area contributed by atoms with E-state index >= 15 is 0 Å². The summed E-state index contributed by atoms with van der Waals surface area (Å²) >= 11 is 0. The summed E-state index contributed by atoms with van der Waals surface area (Å²) in [6, 6.07) is 9.76. The van der Waals surface area contributed by atoms with Crippen LogP contribution in [0.1, 0.15) is 18.2 Å². The molecule has 0 aliphatic rings. The highest BCUT2D eigenvalue weighted by molar-refractivity contribution is 14.0. The number of hydrogen-bond donors (Lipinski definition) is 2. The second-order valence-corrected chi connectivity index (χ2v) is 4.32. The number of anilines is 1. The molecule has 2 rings (SSSR count). The number of aryl methyl sites for hydroxylation is 2. The summed E-state index contributed by atoms with van der Waals surface area (Å²) in [5.74, 6) is 0.414. The zero-order valence-electron chi connectivity index (χ0n) is 11.7. The van der Waals surface area contributed by atoms with Crippen LogP contribution in [0.25, 0.3) is 0 Å². The first-order chi connectivity index (χ1) is 9.19. The van der Waals surface area contributed by atoms with Crippen molar-refractivity contribution in [3.63, 3.8) is 0 Å². The van der Waals surface area contributed by atoms with Crippen molar-refractivity contribution in [1.29, 1.82) is 0 Å². The van der Waals surface area contributed by atoms with E-state index in [1.807, 2.05) is 48.3 Å². The van der Waals surface area contributed by atoms with Gasteiger partial charge in [0.25, 0.3) is 0 Å². The van der Waals surface area contributed by atoms with Crippen molar-refractivity contribution in [2.75, 3.05) is 5.32 Å². The van der Waals surface area contributed by atoms with E-state index in [0.717, 1.165) is 23.4 Å². The van der Waals surface area contributed by atoms with Crippen LogP contribution in [0.5, 0.6) is 0 Å². The summed E-state index contributed by atoms with van der Waals surface area (Å²) in [5.41, 5.74) is 8.98. The largest absolute Gasteiger partial charge is 0.370 e. The van der Waals surface area contributed by atoms with Crippen LogP contribution < -0.4 is 11.1 Å². The van der Waals surface area contributed by atoms with Gasteiger partial charge in [0.05, 0.1) is 12.2 Å². The van der Waals surface area contributed by atoms with Crippen LogP contribution in [0.3, 0.4) is 0 Å². The molecular formula is C14H20IN5. The van der Waals surface area contributed by atoms with Gasteiger partial charge in [-0.25, -0.2) is 4.99 Å². The molecule has 20 heavy (non-hydrogen) atoms. The fraction of sp³-hybridized carbons (Fsp3) is 0.286. The molecule has 0 radical (unpaired) electrons. The van der Waals surface area contributed by atoms with Crippen LogP contribution >= 0.6 is 24.0 Å². The molecule has 108 valence electrons. The second-order valence-electron chi connectivity index (χ2n) is 4.32. The number of halogens is 1.